The SMILES string of the molecule is C[C@@H]1CC[C@@H]2[C@]34OO[C@](C)(CC[C@@H]13)O[C@H]4O[C@]2(C)C(=O)OCCCCCCCOC(=O)[C@@]1(C)O[C@@H]2O[C@@]3(C)CC[C@H]4[C@H](C)CC[C@@H]1[C@@]24OO3. The number of unbranched alkanes of at least 4 members (excludes halogenated alkanes) is 4. The van der Waals surface area contributed by atoms with Crippen molar-refractivity contribution in [2.75, 3.05) is 13.2 Å². The smallest absolute Gasteiger partial charge is 0.338 e. The second-order valence-electron chi connectivity index (χ2n) is 17.2. The van der Waals surface area contributed by atoms with Crippen LogP contribution in [0.1, 0.15) is 125 Å². The quantitative estimate of drug-likeness (QED) is 0.151. The van der Waals surface area contributed by atoms with E-state index >= 15 is 0 Å². The van der Waals surface area contributed by atoms with Gasteiger partial charge < -0.3 is 28.4 Å². The predicted octanol–water partition coefficient (Wildman–Crippen LogP) is 6.03. The summed E-state index contributed by atoms with van der Waals surface area (Å²) in [6.07, 6.45) is 9.74. The molecule has 0 radical (unpaired) electrons. The maximum absolute atomic E-state index is 13.6. The van der Waals surface area contributed by atoms with Crippen LogP contribution in [0.5, 0.6) is 0 Å². The Morgan fingerprint density at radius 3 is 1.39 bits per heavy atom. The van der Waals surface area contributed by atoms with E-state index < -0.39 is 46.6 Å². The molecular weight excluding hydrogens is 636 g/mol. The molecule has 0 N–H and O–H groups in total. The normalized spacial score (nSPS) is 52.2. The summed E-state index contributed by atoms with van der Waals surface area (Å²) in [5, 5.41) is 0. The van der Waals surface area contributed by atoms with Crippen LogP contribution in [-0.4, -0.2) is 71.7 Å². The lowest BCUT2D eigenvalue weighted by Crippen LogP contribution is -2.62. The van der Waals surface area contributed by atoms with Gasteiger partial charge in [0.05, 0.1) is 13.2 Å². The summed E-state index contributed by atoms with van der Waals surface area (Å²) in [5.74, 6) is -1.65. The molecule has 49 heavy (non-hydrogen) atoms. The first-order valence-electron chi connectivity index (χ1n) is 19.1. The molecule has 14 atom stereocenters. The fourth-order valence-electron chi connectivity index (χ4n) is 11.2. The van der Waals surface area contributed by atoms with Crippen LogP contribution in [0.2, 0.25) is 0 Å². The third-order valence-corrected chi connectivity index (χ3v) is 14.0. The van der Waals surface area contributed by atoms with Gasteiger partial charge in [-0.05, 0) is 103 Å². The zero-order valence-corrected chi connectivity index (χ0v) is 30.1. The van der Waals surface area contributed by atoms with Crippen LogP contribution in [0.3, 0.4) is 0 Å². The Balaban J connectivity index is 0.779. The number of fused-ring (bicyclic) bond motifs is 4. The molecular formula is C37H56O12. The van der Waals surface area contributed by atoms with Gasteiger partial charge in [0.15, 0.2) is 35.0 Å². The maximum Gasteiger partial charge on any atom is 0.338 e. The van der Waals surface area contributed by atoms with E-state index in [0.717, 1.165) is 83.5 Å². The third kappa shape index (κ3) is 5.12. The van der Waals surface area contributed by atoms with E-state index in [1.54, 1.807) is 0 Å². The van der Waals surface area contributed by atoms with Crippen molar-refractivity contribution in [3.63, 3.8) is 0 Å². The minimum atomic E-state index is -1.16. The van der Waals surface area contributed by atoms with Crippen LogP contribution >= 0.6 is 0 Å². The average Bonchev–Trinajstić information content (AvgIpc) is 3.19. The first-order valence-corrected chi connectivity index (χ1v) is 19.1. The van der Waals surface area contributed by atoms with Crippen LogP contribution in [-0.2, 0) is 57.6 Å². The maximum atomic E-state index is 13.6. The number of ether oxygens (including phenoxy) is 6. The van der Waals surface area contributed by atoms with Crippen LogP contribution in [0.4, 0.5) is 0 Å². The second kappa shape index (κ2) is 12.1. The van der Waals surface area contributed by atoms with Crippen molar-refractivity contribution in [3.8, 4) is 0 Å². The molecule has 276 valence electrons. The minimum Gasteiger partial charge on any atom is -0.464 e. The second-order valence-corrected chi connectivity index (χ2v) is 17.2. The van der Waals surface area contributed by atoms with E-state index in [-0.39, 0.29) is 35.6 Å². The van der Waals surface area contributed by atoms with Gasteiger partial charge in [0.25, 0.3) is 0 Å². The average molecular weight is 693 g/mol. The highest BCUT2D eigenvalue weighted by Gasteiger charge is 2.77. The third-order valence-electron chi connectivity index (χ3n) is 14.0. The lowest BCUT2D eigenvalue weighted by Gasteiger charge is -2.50. The molecule has 10 rings (SSSR count). The molecule has 8 heterocycles. The Labute approximate surface area is 289 Å². The molecule has 8 saturated heterocycles. The van der Waals surface area contributed by atoms with Gasteiger partial charge in [0.2, 0.25) is 11.6 Å². The summed E-state index contributed by atoms with van der Waals surface area (Å²) in [4.78, 5) is 51.1. The molecule has 2 aliphatic carbocycles. The Hall–Kier alpha value is -1.38. The van der Waals surface area contributed by atoms with Crippen molar-refractivity contribution in [1.29, 1.82) is 0 Å². The zero-order valence-electron chi connectivity index (χ0n) is 30.1. The van der Waals surface area contributed by atoms with Crippen molar-refractivity contribution >= 4 is 11.9 Å². The van der Waals surface area contributed by atoms with Crippen molar-refractivity contribution in [1.82, 2.24) is 0 Å². The van der Waals surface area contributed by atoms with Gasteiger partial charge in [0, 0.05) is 24.7 Å². The van der Waals surface area contributed by atoms with Crippen molar-refractivity contribution in [3.05, 3.63) is 0 Å². The highest BCUT2D eigenvalue weighted by molar-refractivity contribution is 5.81. The van der Waals surface area contributed by atoms with Gasteiger partial charge in [0.1, 0.15) is 0 Å². The zero-order chi connectivity index (χ0) is 34.5. The summed E-state index contributed by atoms with van der Waals surface area (Å²) < 4.78 is 37.2. The predicted molar refractivity (Wildman–Crippen MR) is 170 cm³/mol. The van der Waals surface area contributed by atoms with E-state index in [9.17, 15) is 9.59 Å². The van der Waals surface area contributed by atoms with Crippen molar-refractivity contribution in [2.24, 2.45) is 35.5 Å². The Kier molecular flexibility index (Phi) is 8.55. The molecule has 2 spiro atoms. The molecule has 0 aromatic carbocycles. The number of hydrogen-bond donors (Lipinski definition) is 0. The molecule has 0 unspecified atom stereocenters. The molecule has 12 heteroatoms. The highest BCUT2D eigenvalue weighted by Crippen LogP contribution is 2.65. The Morgan fingerprint density at radius 2 is 0.959 bits per heavy atom. The summed E-state index contributed by atoms with van der Waals surface area (Å²) in [7, 11) is 0. The molecule has 0 aromatic heterocycles. The van der Waals surface area contributed by atoms with Gasteiger partial charge in [-0.25, -0.2) is 29.1 Å². The van der Waals surface area contributed by atoms with E-state index in [1.807, 2.05) is 27.7 Å². The molecule has 10 fully saturated rings. The fourth-order valence-corrected chi connectivity index (χ4v) is 11.2. The fraction of sp³-hybridized carbons (Fsp3) is 0.946. The van der Waals surface area contributed by atoms with Crippen LogP contribution < -0.4 is 0 Å². The standard InChI is InChI=1S/C37H56O12/c1-22-12-14-26-34(5,44-30-36(26)24(22)16-18-32(3,42-30)46-48-36)28(38)40-20-10-8-7-9-11-21-41-29(39)35(6)27-15-13-23(2)25-17-19-33(4)43-31(45-35)37(25,27)49-47-33/h22-27,30-31H,7-21H2,1-6H3/t22-,23-,24+,25+,26+,27+,30+,31+,32-,33-,34+,35+,36-,37-/m1/s1. The molecule has 4 bridgehead atoms. The van der Waals surface area contributed by atoms with E-state index in [0.29, 0.717) is 25.0 Å². The topological polar surface area (TPSA) is 126 Å². The Bertz CT molecular complexity index is 1220. The monoisotopic (exact) mass is 692 g/mol. The van der Waals surface area contributed by atoms with E-state index in [1.165, 1.54) is 0 Å². The molecule has 0 aromatic rings. The number of hydrogen-bond acceptors (Lipinski definition) is 12. The molecule has 2 saturated carbocycles. The minimum absolute atomic E-state index is 0.191. The lowest BCUT2D eigenvalue weighted by atomic mass is 9.60. The summed E-state index contributed by atoms with van der Waals surface area (Å²) in [6.45, 7) is 12.6. The van der Waals surface area contributed by atoms with Gasteiger partial charge in [-0.15, -0.1) is 0 Å². The number of carbonyl (C=O) groups excluding carboxylic acids is 2. The van der Waals surface area contributed by atoms with Gasteiger partial charge in [-0.3, -0.25) is 0 Å². The van der Waals surface area contributed by atoms with Crippen LogP contribution in [0, 0.1) is 35.5 Å². The molecule has 8 aliphatic heterocycles. The largest absolute Gasteiger partial charge is 0.464 e. The highest BCUT2D eigenvalue weighted by atomic mass is 17.3. The van der Waals surface area contributed by atoms with Gasteiger partial charge in [-0.1, -0.05) is 33.1 Å². The summed E-state index contributed by atoms with van der Waals surface area (Å²) in [6, 6.07) is 0. The van der Waals surface area contributed by atoms with Crippen LogP contribution in [0.15, 0.2) is 0 Å². The molecule has 10 aliphatic rings. The van der Waals surface area contributed by atoms with Gasteiger partial charge in [-0.2, -0.15) is 0 Å². The van der Waals surface area contributed by atoms with Crippen molar-refractivity contribution in [2.45, 2.75) is 172 Å². The Morgan fingerprint density at radius 1 is 0.551 bits per heavy atom. The number of esters is 2. The first-order chi connectivity index (χ1) is 23.3. The number of rotatable bonds is 10. The first kappa shape index (κ1) is 34.7. The van der Waals surface area contributed by atoms with Gasteiger partial charge >= 0.3 is 11.9 Å². The van der Waals surface area contributed by atoms with Crippen molar-refractivity contribution < 1.29 is 57.6 Å². The molecule has 12 nitrogen and oxygen atoms in total. The number of carbonyl (C=O) groups is 2. The van der Waals surface area contributed by atoms with E-state index in [2.05, 4.69) is 13.8 Å². The summed E-state index contributed by atoms with van der Waals surface area (Å²) in [5.41, 5.74) is -3.91. The van der Waals surface area contributed by atoms with E-state index in [4.69, 9.17) is 48.0 Å². The summed E-state index contributed by atoms with van der Waals surface area (Å²) >= 11 is 0. The lowest BCUT2D eigenvalue weighted by molar-refractivity contribution is -0.541. The van der Waals surface area contributed by atoms with Crippen LogP contribution in [0.25, 0.3) is 0 Å². The molecule has 0 amide bonds.